The number of nitrogens with zero attached hydrogens (tertiary/aromatic N) is 1. The molecule has 1 fully saturated rings. The molecule has 0 aromatic heterocycles. The Balaban J connectivity index is 1.96. The lowest BCUT2D eigenvalue weighted by molar-refractivity contribution is 0.153. The van der Waals surface area contributed by atoms with E-state index in [9.17, 15) is 0 Å². The van der Waals surface area contributed by atoms with Gasteiger partial charge in [0.2, 0.25) is 0 Å². The van der Waals surface area contributed by atoms with Crippen molar-refractivity contribution in [2.75, 3.05) is 34.9 Å². The lowest BCUT2D eigenvalue weighted by Gasteiger charge is -2.36. The van der Waals surface area contributed by atoms with Gasteiger partial charge in [-0.2, -0.15) is 0 Å². The Bertz CT molecular complexity index is 432. The van der Waals surface area contributed by atoms with Gasteiger partial charge in [-0.05, 0) is 44.6 Å². The molecule has 118 valence electrons. The minimum absolute atomic E-state index is 0.322. The van der Waals surface area contributed by atoms with E-state index in [2.05, 4.69) is 36.4 Å². The second-order valence-electron chi connectivity index (χ2n) is 6.15. The largest absolute Gasteiger partial charge is 0.497 e. The molecule has 1 saturated carbocycles. The Hall–Kier alpha value is -1.26. The van der Waals surface area contributed by atoms with Gasteiger partial charge in [-0.3, -0.25) is 0 Å². The lowest BCUT2D eigenvalue weighted by atomic mass is 9.96. The maximum Gasteiger partial charge on any atom is 0.122 e. The van der Waals surface area contributed by atoms with Crippen molar-refractivity contribution in [3.8, 4) is 11.5 Å². The normalized spacial score (nSPS) is 17.2. The molecule has 0 radical (unpaired) electrons. The summed E-state index contributed by atoms with van der Waals surface area (Å²) in [5.74, 6) is 1.68. The molecule has 0 saturated heterocycles. The van der Waals surface area contributed by atoms with E-state index >= 15 is 0 Å². The molecule has 2 rings (SSSR count). The average Bonchev–Trinajstić information content (AvgIpc) is 2.97. The van der Waals surface area contributed by atoms with Crippen LogP contribution in [0, 0.1) is 0 Å². The van der Waals surface area contributed by atoms with Crippen molar-refractivity contribution in [3.05, 3.63) is 23.8 Å². The van der Waals surface area contributed by atoms with Crippen molar-refractivity contribution in [1.29, 1.82) is 0 Å². The molecule has 4 nitrogen and oxygen atoms in total. The third-order valence-corrected chi connectivity index (χ3v) is 4.68. The van der Waals surface area contributed by atoms with Gasteiger partial charge >= 0.3 is 0 Å². The van der Waals surface area contributed by atoms with Crippen LogP contribution in [-0.2, 0) is 6.54 Å². The van der Waals surface area contributed by atoms with Crippen molar-refractivity contribution in [1.82, 2.24) is 10.2 Å². The first-order chi connectivity index (χ1) is 10.1. The molecule has 0 aliphatic heterocycles. The van der Waals surface area contributed by atoms with Gasteiger partial charge in [0.15, 0.2) is 0 Å². The molecule has 1 aromatic rings. The number of likely N-dealkylation sites (N-methyl/N-ethyl adjacent to an activating group) is 1. The summed E-state index contributed by atoms with van der Waals surface area (Å²) < 4.78 is 10.6. The van der Waals surface area contributed by atoms with Gasteiger partial charge in [0.1, 0.15) is 11.5 Å². The first-order valence-corrected chi connectivity index (χ1v) is 7.70. The van der Waals surface area contributed by atoms with Crippen LogP contribution in [0.25, 0.3) is 0 Å². The number of hydrogen-bond donors (Lipinski definition) is 1. The zero-order valence-electron chi connectivity index (χ0n) is 13.7. The minimum atomic E-state index is 0.322. The molecular formula is C17H28N2O2. The van der Waals surface area contributed by atoms with Gasteiger partial charge in [-0.15, -0.1) is 0 Å². The van der Waals surface area contributed by atoms with E-state index in [1.54, 1.807) is 14.2 Å². The van der Waals surface area contributed by atoms with E-state index in [-0.39, 0.29) is 0 Å². The van der Waals surface area contributed by atoms with Crippen LogP contribution in [0.5, 0.6) is 11.5 Å². The number of nitrogens with one attached hydrogen (secondary N) is 1. The van der Waals surface area contributed by atoms with E-state index in [0.717, 1.165) is 24.6 Å². The predicted molar refractivity (Wildman–Crippen MR) is 86.1 cm³/mol. The van der Waals surface area contributed by atoms with Crippen LogP contribution in [0.15, 0.2) is 18.2 Å². The monoisotopic (exact) mass is 292 g/mol. The van der Waals surface area contributed by atoms with Crippen LogP contribution in [0.2, 0.25) is 0 Å². The zero-order valence-corrected chi connectivity index (χ0v) is 13.7. The summed E-state index contributed by atoms with van der Waals surface area (Å²) in [6.07, 6.45) is 5.25. The zero-order chi connectivity index (χ0) is 15.3. The van der Waals surface area contributed by atoms with Crippen molar-refractivity contribution < 1.29 is 9.47 Å². The molecule has 21 heavy (non-hydrogen) atoms. The van der Waals surface area contributed by atoms with Crippen LogP contribution in [0.4, 0.5) is 0 Å². The van der Waals surface area contributed by atoms with Crippen molar-refractivity contribution in [2.24, 2.45) is 0 Å². The smallest absolute Gasteiger partial charge is 0.122 e. The van der Waals surface area contributed by atoms with E-state index in [4.69, 9.17) is 9.47 Å². The van der Waals surface area contributed by atoms with Crippen LogP contribution >= 0.6 is 0 Å². The van der Waals surface area contributed by atoms with Gasteiger partial charge < -0.3 is 19.7 Å². The summed E-state index contributed by atoms with van der Waals surface area (Å²) in [4.78, 5) is 2.39. The summed E-state index contributed by atoms with van der Waals surface area (Å²) in [7, 11) is 7.76. The predicted octanol–water partition coefficient (Wildman–Crippen LogP) is 2.67. The standard InChI is InChI=1S/C17H28N2O2/c1-19(2)17(7-5-6-8-17)13-18-12-14-9-15(20-3)11-16(10-14)21-4/h9-11,18H,5-8,12-13H2,1-4H3. The van der Waals surface area contributed by atoms with Crippen molar-refractivity contribution in [2.45, 2.75) is 37.8 Å². The number of methoxy groups -OCH3 is 2. The molecule has 0 atom stereocenters. The molecule has 4 heteroatoms. The topological polar surface area (TPSA) is 33.7 Å². The van der Waals surface area contributed by atoms with Gasteiger partial charge in [0, 0.05) is 24.7 Å². The Morgan fingerprint density at radius 2 is 1.62 bits per heavy atom. The van der Waals surface area contributed by atoms with Crippen LogP contribution in [0.3, 0.4) is 0 Å². The van der Waals surface area contributed by atoms with Gasteiger partial charge in [-0.1, -0.05) is 12.8 Å². The first kappa shape index (κ1) is 16.1. The number of hydrogen-bond acceptors (Lipinski definition) is 4. The second kappa shape index (κ2) is 7.14. The Labute approximate surface area is 128 Å². The van der Waals surface area contributed by atoms with Crippen LogP contribution in [0.1, 0.15) is 31.2 Å². The highest BCUT2D eigenvalue weighted by molar-refractivity contribution is 5.38. The number of ether oxygens (including phenoxy) is 2. The van der Waals surface area contributed by atoms with Crippen LogP contribution < -0.4 is 14.8 Å². The molecule has 0 amide bonds. The second-order valence-corrected chi connectivity index (χ2v) is 6.15. The van der Waals surface area contributed by atoms with Crippen molar-refractivity contribution in [3.63, 3.8) is 0 Å². The summed E-state index contributed by atoms with van der Waals surface area (Å²) >= 11 is 0. The van der Waals surface area contributed by atoms with E-state index in [1.165, 1.54) is 31.2 Å². The van der Waals surface area contributed by atoms with Crippen molar-refractivity contribution >= 4 is 0 Å². The third kappa shape index (κ3) is 3.89. The summed E-state index contributed by atoms with van der Waals surface area (Å²) in [5, 5.41) is 3.62. The summed E-state index contributed by atoms with van der Waals surface area (Å²) in [6.45, 7) is 1.86. The number of benzene rings is 1. The fraction of sp³-hybridized carbons (Fsp3) is 0.647. The molecule has 0 bridgehead atoms. The van der Waals surface area contributed by atoms with E-state index in [0.29, 0.717) is 5.54 Å². The van der Waals surface area contributed by atoms with Gasteiger partial charge in [0.05, 0.1) is 14.2 Å². The summed E-state index contributed by atoms with van der Waals surface area (Å²) in [6, 6.07) is 6.03. The molecule has 0 spiro atoms. The molecule has 1 aliphatic carbocycles. The molecule has 1 N–H and O–H groups in total. The molecular weight excluding hydrogens is 264 g/mol. The summed E-state index contributed by atoms with van der Waals surface area (Å²) in [5.41, 5.74) is 1.52. The average molecular weight is 292 g/mol. The number of rotatable bonds is 7. The molecule has 1 aromatic carbocycles. The molecule has 0 unspecified atom stereocenters. The minimum Gasteiger partial charge on any atom is -0.497 e. The highest BCUT2D eigenvalue weighted by Gasteiger charge is 2.35. The van der Waals surface area contributed by atoms with E-state index < -0.39 is 0 Å². The maximum absolute atomic E-state index is 5.32. The highest BCUT2D eigenvalue weighted by Crippen LogP contribution is 2.33. The molecule has 1 aliphatic rings. The molecule has 0 heterocycles. The Morgan fingerprint density at radius 1 is 1.05 bits per heavy atom. The SMILES string of the molecule is COc1cc(CNCC2(N(C)C)CCCC2)cc(OC)c1. The van der Waals surface area contributed by atoms with Crippen LogP contribution in [-0.4, -0.2) is 45.3 Å². The third-order valence-electron chi connectivity index (χ3n) is 4.68. The quantitative estimate of drug-likeness (QED) is 0.838. The van der Waals surface area contributed by atoms with E-state index in [1.807, 2.05) is 6.07 Å². The fourth-order valence-electron chi connectivity index (χ4n) is 3.22. The Morgan fingerprint density at radius 3 is 2.10 bits per heavy atom. The lowest BCUT2D eigenvalue weighted by Crippen LogP contribution is -2.49. The van der Waals surface area contributed by atoms with Gasteiger partial charge in [0.25, 0.3) is 0 Å². The fourth-order valence-corrected chi connectivity index (χ4v) is 3.22. The van der Waals surface area contributed by atoms with Gasteiger partial charge in [-0.25, -0.2) is 0 Å². The maximum atomic E-state index is 5.32. The highest BCUT2D eigenvalue weighted by atomic mass is 16.5. The first-order valence-electron chi connectivity index (χ1n) is 7.70. The Kier molecular flexibility index (Phi) is 5.48.